The average Bonchev–Trinajstić information content (AvgIpc) is 3.16. The van der Waals surface area contributed by atoms with Crippen molar-refractivity contribution in [3.63, 3.8) is 0 Å². The highest BCUT2D eigenvalue weighted by atomic mass is 19.1. The zero-order valence-electron chi connectivity index (χ0n) is 13.8. The van der Waals surface area contributed by atoms with Crippen molar-refractivity contribution in [1.29, 1.82) is 0 Å². The molecule has 0 bridgehead atoms. The van der Waals surface area contributed by atoms with Crippen molar-refractivity contribution in [3.8, 4) is 0 Å². The van der Waals surface area contributed by atoms with E-state index >= 15 is 0 Å². The summed E-state index contributed by atoms with van der Waals surface area (Å²) >= 11 is 0. The Kier molecular flexibility index (Phi) is 5.61. The number of nitrogens with zero attached hydrogens (tertiary/aromatic N) is 3. The smallest absolute Gasteiger partial charge is 0.319 e. The molecule has 0 spiro atoms. The van der Waals surface area contributed by atoms with Gasteiger partial charge in [0, 0.05) is 37.9 Å². The molecular formula is C17H21FN6O. The third-order valence-electron chi connectivity index (χ3n) is 3.90. The minimum atomic E-state index is -0.340. The first-order valence-corrected chi connectivity index (χ1v) is 8.32. The second-order valence-electron chi connectivity index (χ2n) is 5.77. The van der Waals surface area contributed by atoms with Crippen LogP contribution in [-0.4, -0.2) is 42.2 Å². The van der Waals surface area contributed by atoms with Crippen molar-refractivity contribution in [2.45, 2.75) is 12.8 Å². The van der Waals surface area contributed by atoms with Crippen molar-refractivity contribution < 1.29 is 9.18 Å². The minimum Gasteiger partial charge on any atom is -0.368 e. The molecule has 7 nitrogen and oxygen atoms in total. The number of benzene rings is 1. The van der Waals surface area contributed by atoms with Crippen LogP contribution in [0.2, 0.25) is 0 Å². The molecule has 8 heteroatoms. The molecule has 2 heterocycles. The van der Waals surface area contributed by atoms with Crippen molar-refractivity contribution in [1.82, 2.24) is 15.3 Å². The Morgan fingerprint density at radius 2 is 1.88 bits per heavy atom. The van der Waals surface area contributed by atoms with E-state index in [1.807, 2.05) is 6.07 Å². The van der Waals surface area contributed by atoms with Gasteiger partial charge in [0.1, 0.15) is 23.8 Å². The Labute approximate surface area is 145 Å². The van der Waals surface area contributed by atoms with Gasteiger partial charge < -0.3 is 20.9 Å². The van der Waals surface area contributed by atoms with E-state index in [1.54, 1.807) is 6.33 Å². The van der Waals surface area contributed by atoms with E-state index < -0.39 is 0 Å². The van der Waals surface area contributed by atoms with Crippen molar-refractivity contribution in [2.75, 3.05) is 41.7 Å². The maximum Gasteiger partial charge on any atom is 0.319 e. The van der Waals surface area contributed by atoms with E-state index in [0.29, 0.717) is 18.8 Å². The van der Waals surface area contributed by atoms with Crippen molar-refractivity contribution in [2.24, 2.45) is 0 Å². The molecule has 1 fully saturated rings. The number of halogens is 1. The number of amides is 2. The molecule has 0 unspecified atom stereocenters. The lowest BCUT2D eigenvalue weighted by Crippen LogP contribution is -2.32. The topological polar surface area (TPSA) is 82.2 Å². The number of urea groups is 1. The van der Waals surface area contributed by atoms with Crippen molar-refractivity contribution in [3.05, 3.63) is 42.5 Å². The van der Waals surface area contributed by atoms with E-state index in [4.69, 9.17) is 0 Å². The van der Waals surface area contributed by atoms with Gasteiger partial charge in [0.2, 0.25) is 0 Å². The Bertz CT molecular complexity index is 703. The minimum absolute atomic E-state index is 0.339. The van der Waals surface area contributed by atoms with Crippen LogP contribution >= 0.6 is 0 Å². The second-order valence-corrected chi connectivity index (χ2v) is 5.77. The number of carbonyl (C=O) groups is 1. The Hall–Kier alpha value is -2.90. The summed E-state index contributed by atoms with van der Waals surface area (Å²) in [6.45, 7) is 3.02. The van der Waals surface area contributed by atoms with Gasteiger partial charge in [-0.3, -0.25) is 0 Å². The molecule has 1 aliphatic heterocycles. The van der Waals surface area contributed by atoms with E-state index in [1.165, 1.54) is 37.1 Å². The summed E-state index contributed by atoms with van der Waals surface area (Å²) in [6, 6.07) is 7.19. The number of rotatable bonds is 6. The Balaban J connectivity index is 1.40. The van der Waals surface area contributed by atoms with E-state index in [-0.39, 0.29) is 11.8 Å². The molecular weight excluding hydrogens is 323 g/mol. The lowest BCUT2D eigenvalue weighted by atomic mass is 10.3. The third-order valence-corrected chi connectivity index (χ3v) is 3.90. The highest BCUT2D eigenvalue weighted by molar-refractivity contribution is 5.89. The molecule has 3 rings (SSSR count). The molecule has 0 saturated carbocycles. The van der Waals surface area contributed by atoms with Crippen LogP contribution in [0.4, 0.5) is 26.5 Å². The summed E-state index contributed by atoms with van der Waals surface area (Å²) < 4.78 is 12.8. The molecule has 1 aromatic heterocycles. The van der Waals surface area contributed by atoms with Crippen LogP contribution in [0.25, 0.3) is 0 Å². The van der Waals surface area contributed by atoms with Crippen molar-refractivity contribution >= 4 is 23.4 Å². The average molecular weight is 344 g/mol. The monoisotopic (exact) mass is 344 g/mol. The number of hydrogen-bond acceptors (Lipinski definition) is 5. The standard InChI is InChI=1S/C17H21FN6O/c18-13-3-5-14(6-4-13)23-17(25)20-8-7-19-15-11-16(22-12-21-15)24-9-1-2-10-24/h3-6,11-12H,1-2,7-10H2,(H,19,21,22)(H2,20,23,25). The van der Waals surface area contributed by atoms with Crippen LogP contribution in [0.15, 0.2) is 36.7 Å². The molecule has 1 aliphatic rings. The number of aromatic nitrogens is 2. The molecule has 3 N–H and O–H groups in total. The van der Waals surface area contributed by atoms with Gasteiger partial charge in [-0.25, -0.2) is 19.2 Å². The second kappa shape index (κ2) is 8.27. The molecule has 0 aliphatic carbocycles. The van der Waals surface area contributed by atoms with Crippen LogP contribution < -0.4 is 20.9 Å². The maximum atomic E-state index is 12.8. The molecule has 132 valence electrons. The highest BCUT2D eigenvalue weighted by Crippen LogP contribution is 2.18. The maximum absolute atomic E-state index is 12.8. The van der Waals surface area contributed by atoms with E-state index in [9.17, 15) is 9.18 Å². The number of carbonyl (C=O) groups excluding carboxylic acids is 1. The van der Waals surface area contributed by atoms with Crippen LogP contribution in [0.5, 0.6) is 0 Å². The quantitative estimate of drug-likeness (QED) is 0.701. The van der Waals surface area contributed by atoms with Crippen LogP contribution in [-0.2, 0) is 0 Å². The van der Waals surface area contributed by atoms with Gasteiger partial charge in [0.05, 0.1) is 0 Å². The molecule has 2 aromatic rings. The molecule has 0 radical (unpaired) electrons. The van der Waals surface area contributed by atoms with E-state index in [2.05, 4.69) is 30.8 Å². The normalized spacial score (nSPS) is 13.6. The summed E-state index contributed by atoms with van der Waals surface area (Å²) in [6.07, 6.45) is 3.93. The zero-order valence-corrected chi connectivity index (χ0v) is 13.8. The molecule has 1 aromatic carbocycles. The fourth-order valence-electron chi connectivity index (χ4n) is 2.64. The van der Waals surface area contributed by atoms with Gasteiger partial charge in [-0.1, -0.05) is 0 Å². The summed E-state index contributed by atoms with van der Waals surface area (Å²) in [4.78, 5) is 22.5. The lowest BCUT2D eigenvalue weighted by Gasteiger charge is -2.16. The first-order chi connectivity index (χ1) is 12.2. The van der Waals surface area contributed by atoms with Crippen LogP contribution in [0.1, 0.15) is 12.8 Å². The Morgan fingerprint density at radius 3 is 2.64 bits per heavy atom. The van der Waals surface area contributed by atoms with Gasteiger partial charge in [0.15, 0.2) is 0 Å². The van der Waals surface area contributed by atoms with Gasteiger partial charge in [-0.15, -0.1) is 0 Å². The number of nitrogens with one attached hydrogen (secondary N) is 3. The van der Waals surface area contributed by atoms with Gasteiger partial charge >= 0.3 is 6.03 Å². The third kappa shape index (κ3) is 5.03. The summed E-state index contributed by atoms with van der Waals surface area (Å²) in [5.74, 6) is 1.32. The van der Waals surface area contributed by atoms with E-state index in [0.717, 1.165) is 24.7 Å². The summed E-state index contributed by atoms with van der Waals surface area (Å²) in [5.41, 5.74) is 0.540. The van der Waals surface area contributed by atoms with Crippen LogP contribution in [0, 0.1) is 5.82 Å². The largest absolute Gasteiger partial charge is 0.368 e. The SMILES string of the molecule is O=C(NCCNc1cc(N2CCCC2)ncn1)Nc1ccc(F)cc1. The summed E-state index contributed by atoms with van der Waals surface area (Å²) in [5, 5.41) is 8.53. The first kappa shape index (κ1) is 16.9. The fraction of sp³-hybridized carbons (Fsp3) is 0.353. The zero-order chi connectivity index (χ0) is 17.5. The number of anilines is 3. The summed E-state index contributed by atoms with van der Waals surface area (Å²) in [7, 11) is 0. The molecule has 1 saturated heterocycles. The number of hydrogen-bond donors (Lipinski definition) is 3. The molecule has 2 amide bonds. The van der Waals surface area contributed by atoms with Gasteiger partial charge in [0.25, 0.3) is 0 Å². The lowest BCUT2D eigenvalue weighted by molar-refractivity contribution is 0.252. The first-order valence-electron chi connectivity index (χ1n) is 8.32. The fourth-order valence-corrected chi connectivity index (χ4v) is 2.64. The highest BCUT2D eigenvalue weighted by Gasteiger charge is 2.13. The molecule has 25 heavy (non-hydrogen) atoms. The predicted molar refractivity (Wildman–Crippen MR) is 95.4 cm³/mol. The predicted octanol–water partition coefficient (Wildman–Crippen LogP) is 2.45. The van der Waals surface area contributed by atoms with Crippen LogP contribution in [0.3, 0.4) is 0 Å². The Morgan fingerprint density at radius 1 is 1.12 bits per heavy atom. The molecule has 0 atom stereocenters. The van der Waals surface area contributed by atoms with Gasteiger partial charge in [-0.2, -0.15) is 0 Å². The van der Waals surface area contributed by atoms with Gasteiger partial charge in [-0.05, 0) is 37.1 Å².